The van der Waals surface area contributed by atoms with Crippen LogP contribution >= 0.6 is 11.8 Å². The molecule has 1 aliphatic carbocycles. The molecule has 1 heterocycles. The lowest BCUT2D eigenvalue weighted by Crippen LogP contribution is -2.40. The molecule has 0 unspecified atom stereocenters. The summed E-state index contributed by atoms with van der Waals surface area (Å²) in [6.07, 6.45) is 8.55. The molecule has 27 heavy (non-hydrogen) atoms. The number of carbonyl (C=O) groups excluding carboxylic acids is 1. The van der Waals surface area contributed by atoms with E-state index in [2.05, 4.69) is 0 Å². The second-order valence-corrected chi connectivity index (χ2v) is 8.95. The van der Waals surface area contributed by atoms with Crippen molar-refractivity contribution < 1.29 is 19.8 Å². The number of aryl methyl sites for hydroxylation is 1. The van der Waals surface area contributed by atoms with Gasteiger partial charge in [0.25, 0.3) is 0 Å². The van der Waals surface area contributed by atoms with Crippen molar-refractivity contribution in [1.29, 1.82) is 0 Å². The highest BCUT2D eigenvalue weighted by molar-refractivity contribution is 8.00. The highest BCUT2D eigenvalue weighted by atomic mass is 32.2. The third-order valence-corrected chi connectivity index (χ3v) is 7.08. The summed E-state index contributed by atoms with van der Waals surface area (Å²) in [6.45, 7) is 0.653. The third-order valence-electron chi connectivity index (χ3n) is 5.79. The van der Waals surface area contributed by atoms with E-state index in [1.54, 1.807) is 23.9 Å². The van der Waals surface area contributed by atoms with Gasteiger partial charge in [-0.1, -0.05) is 31.4 Å². The van der Waals surface area contributed by atoms with Crippen LogP contribution in [0, 0.1) is 0 Å². The van der Waals surface area contributed by atoms with E-state index in [1.165, 1.54) is 6.42 Å². The average molecular weight is 392 g/mol. The largest absolute Gasteiger partial charge is 0.478 e. The first-order valence-electron chi connectivity index (χ1n) is 9.93. The van der Waals surface area contributed by atoms with Crippen molar-refractivity contribution in [2.75, 3.05) is 12.3 Å². The smallest absolute Gasteiger partial charge is 0.335 e. The second-order valence-electron chi connectivity index (χ2n) is 7.78. The van der Waals surface area contributed by atoms with Crippen LogP contribution in [0.5, 0.6) is 0 Å². The summed E-state index contributed by atoms with van der Waals surface area (Å²) in [5, 5.41) is 19.9. The summed E-state index contributed by atoms with van der Waals surface area (Å²) in [5.74, 6) is -0.177. The molecule has 1 aromatic rings. The molecule has 0 spiro atoms. The van der Waals surface area contributed by atoms with Gasteiger partial charge in [-0.15, -0.1) is 11.8 Å². The van der Waals surface area contributed by atoms with E-state index in [-0.39, 0.29) is 11.3 Å². The van der Waals surface area contributed by atoms with Crippen molar-refractivity contribution in [2.24, 2.45) is 0 Å². The number of aliphatic hydroxyl groups is 1. The van der Waals surface area contributed by atoms with Crippen molar-refractivity contribution in [1.82, 2.24) is 4.90 Å². The van der Waals surface area contributed by atoms with E-state index in [0.29, 0.717) is 24.3 Å². The van der Waals surface area contributed by atoms with Gasteiger partial charge in [-0.3, -0.25) is 4.79 Å². The summed E-state index contributed by atoms with van der Waals surface area (Å²) in [5.41, 5.74) is 0.849. The lowest BCUT2D eigenvalue weighted by atomic mass is 9.82. The van der Waals surface area contributed by atoms with Gasteiger partial charge in [0, 0.05) is 6.54 Å². The predicted octanol–water partition coefficient (Wildman–Crippen LogP) is 3.69. The fourth-order valence-electron chi connectivity index (χ4n) is 4.09. The molecule has 1 saturated carbocycles. The van der Waals surface area contributed by atoms with Crippen molar-refractivity contribution in [3.63, 3.8) is 0 Å². The standard InChI is InChI=1S/C21H29NO4S/c23-18-15-27-19(22(18)14-13-21(26)11-2-1-3-12-21)6-4-5-16-7-9-17(10-8-16)20(24)25/h7-10,19,26H,1-6,11-15H2,(H,24,25)/t19-/m1/s1. The van der Waals surface area contributed by atoms with Crippen LogP contribution in [0.3, 0.4) is 0 Å². The highest BCUT2D eigenvalue weighted by Gasteiger charge is 2.35. The Morgan fingerprint density at radius 1 is 1.19 bits per heavy atom. The minimum Gasteiger partial charge on any atom is -0.478 e. The number of carboxylic acids is 1. The van der Waals surface area contributed by atoms with E-state index in [4.69, 9.17) is 5.11 Å². The summed E-state index contributed by atoms with van der Waals surface area (Å²) in [6, 6.07) is 7.02. The maximum absolute atomic E-state index is 12.3. The first kappa shape index (κ1) is 20.2. The molecule has 2 fully saturated rings. The zero-order valence-corrected chi connectivity index (χ0v) is 16.5. The Labute approximate surface area is 165 Å². The van der Waals surface area contributed by atoms with Crippen LogP contribution in [0.4, 0.5) is 0 Å². The number of aromatic carboxylic acids is 1. The van der Waals surface area contributed by atoms with E-state index in [9.17, 15) is 14.7 Å². The quantitative estimate of drug-likeness (QED) is 0.707. The molecule has 148 valence electrons. The lowest BCUT2D eigenvalue weighted by molar-refractivity contribution is -0.129. The molecule has 0 bridgehead atoms. The molecule has 2 N–H and O–H groups in total. The zero-order chi connectivity index (χ0) is 19.3. The van der Waals surface area contributed by atoms with Crippen LogP contribution in [0.2, 0.25) is 0 Å². The summed E-state index contributed by atoms with van der Waals surface area (Å²) >= 11 is 1.70. The van der Waals surface area contributed by atoms with Gasteiger partial charge in [-0.2, -0.15) is 0 Å². The van der Waals surface area contributed by atoms with Gasteiger partial charge in [0.05, 0.1) is 22.3 Å². The SMILES string of the molecule is O=C(O)c1ccc(CCC[C@H]2SCC(=O)N2CCC2(O)CCCCC2)cc1. The predicted molar refractivity (Wildman–Crippen MR) is 107 cm³/mol. The van der Waals surface area contributed by atoms with Gasteiger partial charge in [0.15, 0.2) is 0 Å². The first-order chi connectivity index (χ1) is 13.0. The molecule has 5 nitrogen and oxygen atoms in total. The van der Waals surface area contributed by atoms with Crippen molar-refractivity contribution in [3.8, 4) is 0 Å². The van der Waals surface area contributed by atoms with E-state index < -0.39 is 11.6 Å². The van der Waals surface area contributed by atoms with E-state index >= 15 is 0 Å². The Hall–Kier alpha value is -1.53. The molecule has 1 aromatic carbocycles. The fourth-order valence-corrected chi connectivity index (χ4v) is 5.33. The van der Waals surface area contributed by atoms with Gasteiger partial charge in [0.2, 0.25) is 5.91 Å². The number of carbonyl (C=O) groups is 2. The molecule has 0 radical (unpaired) electrons. The first-order valence-corrected chi connectivity index (χ1v) is 11.0. The van der Waals surface area contributed by atoms with Crippen LogP contribution in [0.15, 0.2) is 24.3 Å². The molecule has 3 rings (SSSR count). The Morgan fingerprint density at radius 3 is 2.56 bits per heavy atom. The molecule has 1 amide bonds. The van der Waals surface area contributed by atoms with Gasteiger partial charge >= 0.3 is 5.97 Å². The average Bonchev–Trinajstić information content (AvgIpc) is 3.01. The zero-order valence-electron chi connectivity index (χ0n) is 15.7. The van der Waals surface area contributed by atoms with E-state index in [1.807, 2.05) is 17.0 Å². The molecule has 6 heteroatoms. The second kappa shape index (κ2) is 9.11. The molecule has 1 atom stereocenters. The molecule has 2 aliphatic rings. The number of hydrogen-bond donors (Lipinski definition) is 2. The summed E-state index contributed by atoms with van der Waals surface area (Å²) in [4.78, 5) is 25.1. The molecule has 1 saturated heterocycles. The number of nitrogens with zero attached hydrogens (tertiary/aromatic N) is 1. The molecular weight excluding hydrogens is 362 g/mol. The van der Waals surface area contributed by atoms with Gasteiger partial charge in [-0.25, -0.2) is 4.79 Å². The number of carboxylic acid groups (broad SMARTS) is 1. The highest BCUT2D eigenvalue weighted by Crippen LogP contribution is 2.34. The van der Waals surface area contributed by atoms with Crippen LogP contribution in [-0.4, -0.2) is 50.3 Å². The minimum absolute atomic E-state index is 0.190. The maximum atomic E-state index is 12.3. The van der Waals surface area contributed by atoms with Crippen LogP contribution < -0.4 is 0 Å². The van der Waals surface area contributed by atoms with Crippen LogP contribution in [-0.2, 0) is 11.2 Å². The Bertz CT molecular complexity index is 655. The Kier molecular flexibility index (Phi) is 6.82. The Balaban J connectivity index is 1.46. The molecule has 0 aromatic heterocycles. The Morgan fingerprint density at radius 2 is 1.89 bits per heavy atom. The van der Waals surface area contributed by atoms with Gasteiger partial charge in [-0.05, 0) is 56.2 Å². The van der Waals surface area contributed by atoms with Gasteiger partial charge < -0.3 is 15.1 Å². The van der Waals surface area contributed by atoms with Gasteiger partial charge in [0.1, 0.15) is 0 Å². The monoisotopic (exact) mass is 391 g/mol. The number of rotatable bonds is 8. The van der Waals surface area contributed by atoms with Crippen molar-refractivity contribution in [2.45, 2.75) is 68.8 Å². The third kappa shape index (κ3) is 5.48. The van der Waals surface area contributed by atoms with Crippen molar-refractivity contribution >= 4 is 23.6 Å². The topological polar surface area (TPSA) is 77.8 Å². The number of benzene rings is 1. The number of amides is 1. The number of thioether (sulfide) groups is 1. The van der Waals surface area contributed by atoms with Crippen LogP contribution in [0.25, 0.3) is 0 Å². The normalized spacial score (nSPS) is 22.2. The van der Waals surface area contributed by atoms with Crippen LogP contribution in [0.1, 0.15) is 67.3 Å². The summed E-state index contributed by atoms with van der Waals surface area (Å²) < 4.78 is 0. The number of hydrogen-bond acceptors (Lipinski definition) is 4. The molecular formula is C21H29NO4S. The van der Waals surface area contributed by atoms with E-state index in [0.717, 1.165) is 50.5 Å². The minimum atomic E-state index is -0.905. The molecule has 1 aliphatic heterocycles. The lowest BCUT2D eigenvalue weighted by Gasteiger charge is -2.34. The van der Waals surface area contributed by atoms with Crippen molar-refractivity contribution in [3.05, 3.63) is 35.4 Å². The summed E-state index contributed by atoms with van der Waals surface area (Å²) in [7, 11) is 0. The fraction of sp³-hybridized carbons (Fsp3) is 0.619. The maximum Gasteiger partial charge on any atom is 0.335 e.